The highest BCUT2D eigenvalue weighted by Crippen LogP contribution is 2.29. The lowest BCUT2D eigenvalue weighted by Gasteiger charge is -2.29. The van der Waals surface area contributed by atoms with Crippen molar-refractivity contribution in [1.29, 1.82) is 0 Å². The van der Waals surface area contributed by atoms with Crippen molar-refractivity contribution in [2.24, 2.45) is 5.10 Å². The standard InChI is InChI=1S/C25H31N7O2/c1-17-5-4-6-19(13-17)18(2)28-29-22-14-21(31-9-11-34-12-10-31)24-25(27-22)32(16-26-24)15-20-7-8-23(33)30(20)3/h4-6,13-14,16,20H,7-12,15H2,1-3H3,(H,27,29)/b28-18+. The van der Waals surface area contributed by atoms with Crippen LogP contribution in [0.2, 0.25) is 0 Å². The highest BCUT2D eigenvalue weighted by molar-refractivity contribution is 5.99. The normalized spacial score (nSPS) is 19.3. The van der Waals surface area contributed by atoms with Gasteiger partial charge in [0.2, 0.25) is 5.91 Å². The van der Waals surface area contributed by atoms with Gasteiger partial charge in [-0.1, -0.05) is 29.8 Å². The van der Waals surface area contributed by atoms with E-state index in [-0.39, 0.29) is 11.9 Å². The van der Waals surface area contributed by atoms with Gasteiger partial charge >= 0.3 is 0 Å². The number of ether oxygens (including phenoxy) is 1. The number of amides is 1. The smallest absolute Gasteiger partial charge is 0.222 e. The lowest BCUT2D eigenvalue weighted by atomic mass is 10.1. The fourth-order valence-corrected chi connectivity index (χ4v) is 4.63. The number of nitrogens with zero attached hydrogens (tertiary/aromatic N) is 6. The third kappa shape index (κ3) is 4.48. The summed E-state index contributed by atoms with van der Waals surface area (Å²) in [6.45, 7) is 7.71. The zero-order valence-corrected chi connectivity index (χ0v) is 20.0. The summed E-state index contributed by atoms with van der Waals surface area (Å²) < 4.78 is 7.62. The number of anilines is 2. The van der Waals surface area contributed by atoms with E-state index >= 15 is 0 Å². The van der Waals surface area contributed by atoms with Crippen LogP contribution >= 0.6 is 0 Å². The number of pyridine rings is 1. The molecule has 0 radical (unpaired) electrons. The summed E-state index contributed by atoms with van der Waals surface area (Å²) in [4.78, 5) is 25.8. The van der Waals surface area contributed by atoms with E-state index in [1.165, 1.54) is 5.56 Å². The molecule has 178 valence electrons. The van der Waals surface area contributed by atoms with Gasteiger partial charge < -0.3 is 19.1 Å². The minimum atomic E-state index is 0.150. The molecule has 5 rings (SSSR count). The van der Waals surface area contributed by atoms with E-state index in [2.05, 4.69) is 45.1 Å². The van der Waals surface area contributed by atoms with Crippen LogP contribution in [0.4, 0.5) is 11.5 Å². The maximum Gasteiger partial charge on any atom is 0.222 e. The van der Waals surface area contributed by atoms with Crippen molar-refractivity contribution in [1.82, 2.24) is 19.4 Å². The van der Waals surface area contributed by atoms with Gasteiger partial charge in [-0.3, -0.25) is 10.2 Å². The Balaban J connectivity index is 1.49. The Hall–Kier alpha value is -3.46. The first-order chi connectivity index (χ1) is 16.5. The number of morpholine rings is 1. The first-order valence-electron chi connectivity index (χ1n) is 11.8. The number of hydrazone groups is 1. The molecule has 1 atom stereocenters. The van der Waals surface area contributed by atoms with Gasteiger partial charge in [0, 0.05) is 45.2 Å². The number of rotatable bonds is 6. The van der Waals surface area contributed by atoms with E-state index in [0.717, 1.165) is 47.6 Å². The van der Waals surface area contributed by atoms with Crippen LogP contribution in [0.25, 0.3) is 11.2 Å². The second-order valence-corrected chi connectivity index (χ2v) is 9.07. The molecule has 34 heavy (non-hydrogen) atoms. The number of carbonyl (C=O) groups excluding carboxylic acids is 1. The number of aryl methyl sites for hydroxylation is 1. The zero-order valence-electron chi connectivity index (χ0n) is 20.0. The van der Waals surface area contributed by atoms with Crippen LogP contribution in [-0.2, 0) is 16.1 Å². The quantitative estimate of drug-likeness (QED) is 0.449. The molecule has 2 saturated heterocycles. The summed E-state index contributed by atoms with van der Waals surface area (Å²) in [5.74, 6) is 0.860. The SMILES string of the molecule is C/C(=N\Nc1cc(N2CCOCC2)c2ncn(CC3CCC(=O)N3C)c2n1)c1cccc(C)c1. The number of nitrogens with one attached hydrogen (secondary N) is 1. The Kier molecular flexibility index (Phi) is 6.19. The molecule has 9 heteroatoms. The van der Waals surface area contributed by atoms with E-state index in [1.54, 1.807) is 0 Å². The Morgan fingerprint density at radius 2 is 2.09 bits per heavy atom. The van der Waals surface area contributed by atoms with Crippen molar-refractivity contribution in [2.75, 3.05) is 43.7 Å². The predicted molar refractivity (Wildman–Crippen MR) is 133 cm³/mol. The lowest BCUT2D eigenvalue weighted by Crippen LogP contribution is -2.36. The second kappa shape index (κ2) is 9.42. The zero-order chi connectivity index (χ0) is 23.7. The van der Waals surface area contributed by atoms with Gasteiger partial charge in [-0.15, -0.1) is 0 Å². The van der Waals surface area contributed by atoms with Crippen LogP contribution in [0.3, 0.4) is 0 Å². The fourth-order valence-electron chi connectivity index (χ4n) is 4.63. The van der Waals surface area contributed by atoms with Crippen LogP contribution in [0.5, 0.6) is 0 Å². The molecule has 0 saturated carbocycles. The largest absolute Gasteiger partial charge is 0.378 e. The lowest BCUT2D eigenvalue weighted by molar-refractivity contribution is -0.127. The third-order valence-electron chi connectivity index (χ3n) is 6.72. The number of likely N-dealkylation sites (tertiary alicyclic amines) is 1. The summed E-state index contributed by atoms with van der Waals surface area (Å²) in [5, 5.41) is 4.62. The molecule has 3 aromatic rings. The number of hydrogen-bond donors (Lipinski definition) is 1. The van der Waals surface area contributed by atoms with E-state index in [0.29, 0.717) is 32.0 Å². The number of aromatic nitrogens is 3. The molecule has 2 fully saturated rings. The Morgan fingerprint density at radius 3 is 2.82 bits per heavy atom. The fraction of sp³-hybridized carbons (Fsp3) is 0.440. The molecule has 0 bridgehead atoms. The van der Waals surface area contributed by atoms with Gasteiger partial charge in [-0.05, 0) is 25.8 Å². The van der Waals surface area contributed by atoms with Gasteiger partial charge in [0.25, 0.3) is 0 Å². The molecule has 1 aromatic carbocycles. The third-order valence-corrected chi connectivity index (χ3v) is 6.72. The maximum absolute atomic E-state index is 12.0. The van der Waals surface area contributed by atoms with E-state index in [4.69, 9.17) is 14.7 Å². The minimum Gasteiger partial charge on any atom is -0.378 e. The van der Waals surface area contributed by atoms with Crippen LogP contribution in [0, 0.1) is 6.92 Å². The van der Waals surface area contributed by atoms with Crippen molar-refractivity contribution in [3.8, 4) is 0 Å². The van der Waals surface area contributed by atoms with Crippen molar-refractivity contribution >= 4 is 34.3 Å². The van der Waals surface area contributed by atoms with Crippen LogP contribution in [0.15, 0.2) is 41.8 Å². The van der Waals surface area contributed by atoms with E-state index in [9.17, 15) is 4.79 Å². The van der Waals surface area contributed by atoms with Gasteiger partial charge in [0.05, 0.1) is 30.9 Å². The minimum absolute atomic E-state index is 0.150. The molecule has 2 aromatic heterocycles. The average Bonchev–Trinajstić information content (AvgIpc) is 3.41. The first kappa shape index (κ1) is 22.3. The average molecular weight is 462 g/mol. The molecule has 0 spiro atoms. The van der Waals surface area contributed by atoms with Crippen LogP contribution in [0.1, 0.15) is 30.9 Å². The molecule has 1 unspecified atom stereocenters. The van der Waals surface area contributed by atoms with E-state index < -0.39 is 0 Å². The predicted octanol–water partition coefficient (Wildman–Crippen LogP) is 3.03. The Labute approximate surface area is 199 Å². The molecule has 1 amide bonds. The summed E-state index contributed by atoms with van der Waals surface area (Å²) in [7, 11) is 1.88. The van der Waals surface area contributed by atoms with Crippen molar-refractivity contribution in [3.63, 3.8) is 0 Å². The van der Waals surface area contributed by atoms with Gasteiger partial charge in [0.15, 0.2) is 11.5 Å². The summed E-state index contributed by atoms with van der Waals surface area (Å²) in [6, 6.07) is 10.4. The molecule has 4 heterocycles. The molecule has 0 aliphatic carbocycles. The van der Waals surface area contributed by atoms with Gasteiger partial charge in [-0.2, -0.15) is 5.10 Å². The molecule has 2 aliphatic heterocycles. The molecule has 1 N–H and O–H groups in total. The number of carbonyl (C=O) groups is 1. The van der Waals surface area contributed by atoms with Crippen molar-refractivity contribution < 1.29 is 9.53 Å². The monoisotopic (exact) mass is 461 g/mol. The highest BCUT2D eigenvalue weighted by atomic mass is 16.5. The molecule has 9 nitrogen and oxygen atoms in total. The molecular weight excluding hydrogens is 430 g/mol. The van der Waals surface area contributed by atoms with Crippen molar-refractivity contribution in [2.45, 2.75) is 39.3 Å². The van der Waals surface area contributed by atoms with Crippen molar-refractivity contribution in [3.05, 3.63) is 47.8 Å². The molecule has 2 aliphatic rings. The second-order valence-electron chi connectivity index (χ2n) is 9.07. The number of likely N-dealkylation sites (N-methyl/N-ethyl adjacent to an activating group) is 1. The van der Waals surface area contributed by atoms with Gasteiger partial charge in [0.1, 0.15) is 5.52 Å². The van der Waals surface area contributed by atoms with Crippen LogP contribution in [-0.4, -0.2) is 70.4 Å². The molecular formula is C25H31N7O2. The Morgan fingerprint density at radius 1 is 1.26 bits per heavy atom. The number of benzene rings is 1. The van der Waals surface area contributed by atoms with Gasteiger partial charge in [-0.25, -0.2) is 9.97 Å². The number of imidazole rings is 1. The summed E-state index contributed by atoms with van der Waals surface area (Å²) >= 11 is 0. The maximum atomic E-state index is 12.0. The highest BCUT2D eigenvalue weighted by Gasteiger charge is 2.29. The number of fused-ring (bicyclic) bond motifs is 1. The summed E-state index contributed by atoms with van der Waals surface area (Å²) in [5.41, 5.74) is 9.00. The van der Waals surface area contributed by atoms with E-state index in [1.807, 2.05) is 37.3 Å². The first-order valence-corrected chi connectivity index (χ1v) is 11.8. The Bertz CT molecular complexity index is 1230. The summed E-state index contributed by atoms with van der Waals surface area (Å²) in [6.07, 6.45) is 3.28. The number of hydrogen-bond acceptors (Lipinski definition) is 7. The van der Waals surface area contributed by atoms with Crippen LogP contribution < -0.4 is 10.3 Å². The topological polar surface area (TPSA) is 87.9 Å².